The molecule has 24 heavy (non-hydrogen) atoms. The summed E-state index contributed by atoms with van der Waals surface area (Å²) in [5.41, 5.74) is 12.6. The lowest BCUT2D eigenvalue weighted by atomic mass is 10.1. The predicted molar refractivity (Wildman–Crippen MR) is 95.2 cm³/mol. The van der Waals surface area contributed by atoms with Crippen LogP contribution in [0.25, 0.3) is 0 Å². The van der Waals surface area contributed by atoms with Gasteiger partial charge in [-0.3, -0.25) is 9.59 Å². The number of rotatable bonds is 12. The quantitative estimate of drug-likeness (QED) is 0.323. The van der Waals surface area contributed by atoms with Gasteiger partial charge in [-0.2, -0.15) is 5.11 Å². The highest BCUT2D eigenvalue weighted by Gasteiger charge is 2.20. The van der Waals surface area contributed by atoms with E-state index in [0.29, 0.717) is 6.42 Å². The summed E-state index contributed by atoms with van der Waals surface area (Å²) < 4.78 is 0. The molecule has 0 aliphatic carbocycles. The summed E-state index contributed by atoms with van der Waals surface area (Å²) in [6, 6.07) is -0.682. The standard InChI is InChI=1S/C17H33N5O2/c1-5-6-7-8-9-10-16(24)21-13(11-15(18)23)14(22-19)12-20-17(2,3)4/h12-13,19-20H,5-11H2,1-4H3,(H2,18,23)(H,21,24)/b14-12-,22-19?/t13-/m1/s1. The zero-order valence-corrected chi connectivity index (χ0v) is 15.4. The number of carbonyl (C=O) groups is 2. The van der Waals surface area contributed by atoms with Crippen LogP contribution in [0.3, 0.4) is 0 Å². The number of carbonyl (C=O) groups excluding carboxylic acids is 2. The van der Waals surface area contributed by atoms with Crippen LogP contribution in [0.15, 0.2) is 17.0 Å². The Morgan fingerprint density at radius 2 is 1.83 bits per heavy atom. The minimum absolute atomic E-state index is 0.0817. The fourth-order valence-electron chi connectivity index (χ4n) is 2.09. The molecule has 0 saturated heterocycles. The highest BCUT2D eigenvalue weighted by Crippen LogP contribution is 2.11. The van der Waals surface area contributed by atoms with Gasteiger partial charge in [-0.15, -0.1) is 0 Å². The molecule has 0 bridgehead atoms. The molecular weight excluding hydrogens is 306 g/mol. The summed E-state index contributed by atoms with van der Waals surface area (Å²) in [5, 5.41) is 9.30. The van der Waals surface area contributed by atoms with Crippen molar-refractivity contribution in [3.8, 4) is 0 Å². The van der Waals surface area contributed by atoms with E-state index in [-0.39, 0.29) is 23.6 Å². The van der Waals surface area contributed by atoms with Crippen LogP contribution < -0.4 is 16.4 Å². The molecule has 0 unspecified atom stereocenters. The van der Waals surface area contributed by atoms with Gasteiger partial charge in [0, 0.05) is 18.2 Å². The van der Waals surface area contributed by atoms with Gasteiger partial charge in [-0.1, -0.05) is 32.6 Å². The molecule has 2 amide bonds. The van der Waals surface area contributed by atoms with Crippen molar-refractivity contribution in [1.82, 2.24) is 10.6 Å². The second-order valence-electron chi connectivity index (χ2n) is 7.03. The van der Waals surface area contributed by atoms with Gasteiger partial charge in [0.1, 0.15) is 5.70 Å². The van der Waals surface area contributed by atoms with Crippen LogP contribution in [0.1, 0.15) is 72.6 Å². The molecule has 0 aliphatic heterocycles. The summed E-state index contributed by atoms with van der Waals surface area (Å²) in [7, 11) is 0. The molecule has 5 N–H and O–H groups in total. The van der Waals surface area contributed by atoms with Crippen molar-refractivity contribution in [3.05, 3.63) is 11.9 Å². The Bertz CT molecular complexity index is 441. The maximum absolute atomic E-state index is 12.1. The van der Waals surface area contributed by atoms with Crippen LogP contribution in [0.2, 0.25) is 0 Å². The summed E-state index contributed by atoms with van der Waals surface area (Å²) in [6.45, 7) is 8.03. The summed E-state index contributed by atoms with van der Waals surface area (Å²) >= 11 is 0. The molecule has 0 aromatic rings. The summed E-state index contributed by atoms with van der Waals surface area (Å²) in [6.07, 6.45) is 7.16. The monoisotopic (exact) mass is 339 g/mol. The van der Waals surface area contributed by atoms with Crippen molar-refractivity contribution in [2.24, 2.45) is 10.8 Å². The van der Waals surface area contributed by atoms with E-state index < -0.39 is 11.9 Å². The van der Waals surface area contributed by atoms with Crippen molar-refractivity contribution < 1.29 is 9.59 Å². The van der Waals surface area contributed by atoms with Crippen LogP contribution in [0.5, 0.6) is 0 Å². The minimum Gasteiger partial charge on any atom is -0.385 e. The molecule has 7 nitrogen and oxygen atoms in total. The van der Waals surface area contributed by atoms with Crippen molar-refractivity contribution >= 4 is 11.8 Å². The Morgan fingerprint density at radius 3 is 2.33 bits per heavy atom. The largest absolute Gasteiger partial charge is 0.385 e. The lowest BCUT2D eigenvalue weighted by Crippen LogP contribution is -2.40. The van der Waals surface area contributed by atoms with E-state index >= 15 is 0 Å². The lowest BCUT2D eigenvalue weighted by Gasteiger charge is -2.22. The third kappa shape index (κ3) is 11.6. The molecule has 138 valence electrons. The Balaban J connectivity index is 4.71. The number of nitrogens with one attached hydrogen (secondary N) is 3. The maximum Gasteiger partial charge on any atom is 0.220 e. The summed E-state index contributed by atoms with van der Waals surface area (Å²) in [5.74, 6) is -0.698. The van der Waals surface area contributed by atoms with Gasteiger partial charge in [0.05, 0.1) is 12.5 Å². The minimum atomic E-state index is -0.682. The Kier molecular flexibility index (Phi) is 10.7. The molecule has 0 spiro atoms. The third-order valence-corrected chi connectivity index (χ3v) is 3.39. The number of unbranched alkanes of at least 4 members (excludes halogenated alkanes) is 4. The van der Waals surface area contributed by atoms with Crippen LogP contribution in [-0.4, -0.2) is 23.4 Å². The first kappa shape index (κ1) is 22.1. The predicted octanol–water partition coefficient (Wildman–Crippen LogP) is 2.97. The van der Waals surface area contributed by atoms with Crippen molar-refractivity contribution in [2.75, 3.05) is 0 Å². The van der Waals surface area contributed by atoms with Gasteiger partial charge in [-0.05, 0) is 27.2 Å². The summed E-state index contributed by atoms with van der Waals surface area (Å²) in [4.78, 5) is 23.3. The van der Waals surface area contributed by atoms with Crippen LogP contribution in [0, 0.1) is 5.53 Å². The maximum atomic E-state index is 12.1. The molecule has 0 aromatic carbocycles. The first-order valence-corrected chi connectivity index (χ1v) is 8.62. The van der Waals surface area contributed by atoms with Gasteiger partial charge < -0.3 is 16.4 Å². The molecule has 0 radical (unpaired) electrons. The molecule has 0 rings (SSSR count). The van der Waals surface area contributed by atoms with Crippen LogP contribution in [0.4, 0.5) is 0 Å². The van der Waals surface area contributed by atoms with E-state index in [9.17, 15) is 9.59 Å². The van der Waals surface area contributed by atoms with Gasteiger partial charge in [0.25, 0.3) is 0 Å². The number of primary amides is 1. The van der Waals surface area contributed by atoms with E-state index in [1.54, 1.807) is 6.20 Å². The van der Waals surface area contributed by atoms with Gasteiger partial charge in [0.15, 0.2) is 0 Å². The van der Waals surface area contributed by atoms with Gasteiger partial charge in [0.2, 0.25) is 11.8 Å². The van der Waals surface area contributed by atoms with E-state index in [1.807, 2.05) is 20.8 Å². The number of hydrogen-bond acceptors (Lipinski definition) is 5. The Morgan fingerprint density at radius 1 is 1.21 bits per heavy atom. The highest BCUT2D eigenvalue weighted by atomic mass is 16.2. The van der Waals surface area contributed by atoms with Crippen LogP contribution >= 0.6 is 0 Å². The van der Waals surface area contributed by atoms with Gasteiger partial charge >= 0.3 is 0 Å². The highest BCUT2D eigenvalue weighted by molar-refractivity contribution is 5.79. The van der Waals surface area contributed by atoms with Crippen molar-refractivity contribution in [2.45, 2.75) is 84.2 Å². The van der Waals surface area contributed by atoms with Crippen molar-refractivity contribution in [1.29, 1.82) is 5.53 Å². The fourth-order valence-corrected chi connectivity index (χ4v) is 2.09. The third-order valence-electron chi connectivity index (χ3n) is 3.39. The normalized spacial score (nSPS) is 13.2. The molecule has 0 saturated carbocycles. The number of nitrogens with two attached hydrogens (primary N) is 1. The number of nitrogens with zero attached hydrogens (tertiary/aromatic N) is 1. The zero-order chi connectivity index (χ0) is 18.6. The van der Waals surface area contributed by atoms with E-state index in [4.69, 9.17) is 11.3 Å². The first-order chi connectivity index (χ1) is 11.2. The molecule has 0 aliphatic rings. The molecule has 0 fully saturated rings. The van der Waals surface area contributed by atoms with E-state index in [1.165, 1.54) is 6.42 Å². The average molecular weight is 339 g/mol. The van der Waals surface area contributed by atoms with E-state index in [2.05, 4.69) is 22.7 Å². The molecule has 0 heterocycles. The smallest absolute Gasteiger partial charge is 0.220 e. The SMILES string of the molecule is CCCCCCCC(=O)N[C@H](CC(N)=O)/C(=C/NC(C)(C)C)N=N. The molecule has 1 atom stereocenters. The molecular formula is C17H33N5O2. The second-order valence-corrected chi connectivity index (χ2v) is 7.03. The number of hydrogen-bond donors (Lipinski definition) is 4. The van der Waals surface area contributed by atoms with E-state index in [0.717, 1.165) is 25.7 Å². The topological polar surface area (TPSA) is 120 Å². The first-order valence-electron chi connectivity index (χ1n) is 8.62. The van der Waals surface area contributed by atoms with Crippen molar-refractivity contribution in [3.63, 3.8) is 0 Å². The zero-order valence-electron chi connectivity index (χ0n) is 15.4. The Labute approximate surface area is 145 Å². The fraction of sp³-hybridized carbons (Fsp3) is 0.765. The molecule has 7 heteroatoms. The van der Waals surface area contributed by atoms with Crippen LogP contribution in [-0.2, 0) is 9.59 Å². The molecule has 0 aromatic heterocycles. The average Bonchev–Trinajstić information content (AvgIpc) is 2.45. The Hall–Kier alpha value is -1.92. The van der Waals surface area contributed by atoms with Gasteiger partial charge in [-0.25, -0.2) is 5.53 Å². The lowest BCUT2D eigenvalue weighted by molar-refractivity contribution is -0.122. The number of amides is 2. The second kappa shape index (κ2) is 11.6.